The number of carboxylic acid groups (broad SMARTS) is 1. The minimum atomic E-state index is -0.899. The number of aryl methyl sites for hydroxylation is 1. The van der Waals surface area contributed by atoms with E-state index in [0.717, 1.165) is 25.7 Å². The highest BCUT2D eigenvalue weighted by Gasteiger charge is 2.48. The molecule has 0 spiro atoms. The number of aromatic nitrogens is 2. The molecule has 1 saturated heterocycles. The summed E-state index contributed by atoms with van der Waals surface area (Å²) in [6.07, 6.45) is 7.94. The first kappa shape index (κ1) is 13.1. The number of carbonyl (C=O) groups excluding carboxylic acids is 1. The Morgan fingerprint density at radius 1 is 1.35 bits per heavy atom. The second-order valence-corrected chi connectivity index (χ2v) is 5.84. The van der Waals surface area contributed by atoms with Gasteiger partial charge in [-0.1, -0.05) is 12.8 Å². The Morgan fingerprint density at radius 2 is 2.10 bits per heavy atom. The fourth-order valence-corrected chi connectivity index (χ4v) is 3.63. The number of imidazole rings is 1. The maximum atomic E-state index is 12.6. The molecular formula is C14H19N3O3. The lowest BCUT2D eigenvalue weighted by molar-refractivity contribution is -0.141. The first-order valence-electron chi connectivity index (χ1n) is 7.11. The number of likely N-dealkylation sites (tertiary alicyclic amines) is 1. The number of rotatable bonds is 2. The second kappa shape index (κ2) is 4.92. The van der Waals surface area contributed by atoms with Crippen molar-refractivity contribution in [1.82, 2.24) is 14.5 Å². The van der Waals surface area contributed by atoms with Crippen molar-refractivity contribution in [2.75, 3.05) is 0 Å². The third-order valence-electron chi connectivity index (χ3n) is 4.53. The largest absolute Gasteiger partial charge is 0.480 e. The first-order chi connectivity index (χ1) is 9.58. The number of hydrogen-bond donors (Lipinski definition) is 1. The number of carboxylic acids is 1. The van der Waals surface area contributed by atoms with E-state index < -0.39 is 12.0 Å². The highest BCUT2D eigenvalue weighted by atomic mass is 16.4. The van der Waals surface area contributed by atoms with Gasteiger partial charge in [0.05, 0.1) is 6.33 Å². The Labute approximate surface area is 117 Å². The van der Waals surface area contributed by atoms with Crippen molar-refractivity contribution >= 4 is 11.9 Å². The molecule has 20 heavy (non-hydrogen) atoms. The van der Waals surface area contributed by atoms with Gasteiger partial charge in [0.15, 0.2) is 0 Å². The molecule has 1 amide bonds. The normalized spacial score (nSPS) is 29.2. The molecule has 3 atom stereocenters. The minimum Gasteiger partial charge on any atom is -0.480 e. The lowest BCUT2D eigenvalue weighted by atomic mass is 9.84. The van der Waals surface area contributed by atoms with Crippen LogP contribution in [0.4, 0.5) is 0 Å². The molecular weight excluding hydrogens is 258 g/mol. The summed E-state index contributed by atoms with van der Waals surface area (Å²) in [5.74, 6) is -0.811. The third kappa shape index (κ3) is 2.09. The van der Waals surface area contributed by atoms with E-state index in [1.165, 1.54) is 0 Å². The van der Waals surface area contributed by atoms with Gasteiger partial charge in [-0.05, 0) is 25.2 Å². The quantitative estimate of drug-likeness (QED) is 0.883. The maximum absolute atomic E-state index is 12.6. The van der Waals surface area contributed by atoms with Crippen molar-refractivity contribution in [2.45, 2.75) is 44.2 Å². The third-order valence-corrected chi connectivity index (χ3v) is 4.53. The summed E-state index contributed by atoms with van der Waals surface area (Å²) in [5, 5.41) is 9.41. The molecule has 108 valence electrons. The van der Waals surface area contributed by atoms with E-state index in [0.29, 0.717) is 18.0 Å². The lowest BCUT2D eigenvalue weighted by Crippen LogP contribution is -2.46. The van der Waals surface area contributed by atoms with Crippen molar-refractivity contribution in [3.63, 3.8) is 0 Å². The van der Waals surface area contributed by atoms with Crippen LogP contribution in [0.25, 0.3) is 0 Å². The second-order valence-electron chi connectivity index (χ2n) is 5.84. The van der Waals surface area contributed by atoms with Crippen molar-refractivity contribution in [3.05, 3.63) is 18.2 Å². The van der Waals surface area contributed by atoms with Crippen LogP contribution in [0.3, 0.4) is 0 Å². The highest BCUT2D eigenvalue weighted by molar-refractivity contribution is 5.95. The monoisotopic (exact) mass is 277 g/mol. The SMILES string of the molecule is Cn1cnc(C(=O)N2C(C(=O)O)CC3CCCCC32)c1. The van der Waals surface area contributed by atoms with E-state index in [-0.39, 0.29) is 11.9 Å². The van der Waals surface area contributed by atoms with Gasteiger partial charge in [-0.15, -0.1) is 0 Å². The predicted octanol–water partition coefficient (Wildman–Crippen LogP) is 1.28. The van der Waals surface area contributed by atoms with Crippen molar-refractivity contribution in [1.29, 1.82) is 0 Å². The molecule has 1 aliphatic carbocycles. The van der Waals surface area contributed by atoms with Gasteiger partial charge in [0, 0.05) is 19.3 Å². The summed E-state index contributed by atoms with van der Waals surface area (Å²) in [4.78, 5) is 29.7. The van der Waals surface area contributed by atoms with Crippen molar-refractivity contribution in [3.8, 4) is 0 Å². The van der Waals surface area contributed by atoms with Crippen LogP contribution in [0.1, 0.15) is 42.6 Å². The van der Waals surface area contributed by atoms with E-state index in [1.807, 2.05) is 0 Å². The fraction of sp³-hybridized carbons (Fsp3) is 0.643. The molecule has 0 radical (unpaired) electrons. The molecule has 2 aliphatic rings. The van der Waals surface area contributed by atoms with Crippen LogP contribution in [0.2, 0.25) is 0 Å². The number of fused-ring (bicyclic) bond motifs is 1. The number of amides is 1. The zero-order valence-electron chi connectivity index (χ0n) is 11.5. The number of hydrogen-bond acceptors (Lipinski definition) is 3. The molecule has 3 unspecified atom stereocenters. The van der Waals surface area contributed by atoms with Gasteiger partial charge in [-0.25, -0.2) is 9.78 Å². The van der Waals surface area contributed by atoms with Crippen LogP contribution < -0.4 is 0 Å². The molecule has 2 heterocycles. The van der Waals surface area contributed by atoms with E-state index >= 15 is 0 Å². The summed E-state index contributed by atoms with van der Waals surface area (Å²) in [6.45, 7) is 0. The summed E-state index contributed by atoms with van der Waals surface area (Å²) in [6, 6.07) is -0.628. The van der Waals surface area contributed by atoms with E-state index in [9.17, 15) is 14.7 Å². The minimum absolute atomic E-state index is 0.0688. The molecule has 1 aliphatic heterocycles. The predicted molar refractivity (Wildman–Crippen MR) is 71.2 cm³/mol. The standard InChI is InChI=1S/C14H19N3O3/c1-16-7-10(15-8-16)13(18)17-11-5-3-2-4-9(11)6-12(17)14(19)20/h7-9,11-12H,2-6H2,1H3,(H,19,20). The molecule has 0 aromatic carbocycles. The van der Waals surface area contributed by atoms with E-state index in [1.54, 1.807) is 29.0 Å². The van der Waals surface area contributed by atoms with Crippen LogP contribution in [-0.2, 0) is 11.8 Å². The van der Waals surface area contributed by atoms with Gasteiger partial charge in [-0.3, -0.25) is 4.79 Å². The highest BCUT2D eigenvalue weighted by Crippen LogP contribution is 2.40. The van der Waals surface area contributed by atoms with Crippen molar-refractivity contribution < 1.29 is 14.7 Å². The van der Waals surface area contributed by atoms with Gasteiger partial charge >= 0.3 is 5.97 Å². The summed E-state index contributed by atoms with van der Waals surface area (Å²) in [5.41, 5.74) is 0.338. The summed E-state index contributed by atoms with van der Waals surface area (Å²) >= 11 is 0. The Balaban J connectivity index is 1.90. The molecule has 6 heteroatoms. The van der Waals surface area contributed by atoms with Crippen LogP contribution in [0.15, 0.2) is 12.5 Å². The topological polar surface area (TPSA) is 75.4 Å². The average molecular weight is 277 g/mol. The van der Waals surface area contributed by atoms with Crippen LogP contribution >= 0.6 is 0 Å². The van der Waals surface area contributed by atoms with E-state index in [4.69, 9.17) is 0 Å². The smallest absolute Gasteiger partial charge is 0.326 e. The fourth-order valence-electron chi connectivity index (χ4n) is 3.63. The van der Waals surface area contributed by atoms with Gasteiger partial charge in [0.2, 0.25) is 0 Å². The number of nitrogens with zero attached hydrogens (tertiary/aromatic N) is 3. The van der Waals surface area contributed by atoms with Crippen LogP contribution in [0.5, 0.6) is 0 Å². The Bertz CT molecular complexity index is 540. The zero-order valence-corrected chi connectivity index (χ0v) is 11.5. The van der Waals surface area contributed by atoms with E-state index in [2.05, 4.69) is 4.98 Å². The van der Waals surface area contributed by atoms with Crippen molar-refractivity contribution in [2.24, 2.45) is 13.0 Å². The molecule has 3 rings (SSSR count). The molecule has 1 aromatic heterocycles. The number of carbonyl (C=O) groups is 2. The first-order valence-corrected chi connectivity index (χ1v) is 7.11. The lowest BCUT2D eigenvalue weighted by Gasteiger charge is -2.32. The van der Waals surface area contributed by atoms with Crippen LogP contribution in [-0.4, -0.2) is 43.5 Å². The zero-order chi connectivity index (χ0) is 14.3. The molecule has 1 aromatic rings. The number of aliphatic carboxylic acids is 1. The molecule has 2 fully saturated rings. The summed E-state index contributed by atoms with van der Waals surface area (Å²) < 4.78 is 1.71. The van der Waals surface area contributed by atoms with Gasteiger partial charge in [-0.2, -0.15) is 0 Å². The molecule has 1 saturated carbocycles. The molecule has 0 bridgehead atoms. The van der Waals surface area contributed by atoms with Gasteiger partial charge in [0.1, 0.15) is 11.7 Å². The van der Waals surface area contributed by atoms with Crippen LogP contribution in [0, 0.1) is 5.92 Å². The summed E-state index contributed by atoms with van der Waals surface area (Å²) in [7, 11) is 1.80. The maximum Gasteiger partial charge on any atom is 0.326 e. The Morgan fingerprint density at radius 3 is 2.75 bits per heavy atom. The average Bonchev–Trinajstić information content (AvgIpc) is 3.01. The Kier molecular flexibility index (Phi) is 3.23. The van der Waals surface area contributed by atoms with Gasteiger partial charge in [0.25, 0.3) is 5.91 Å². The Hall–Kier alpha value is -1.85. The molecule has 1 N–H and O–H groups in total. The van der Waals surface area contributed by atoms with Gasteiger partial charge < -0.3 is 14.6 Å². The molecule has 6 nitrogen and oxygen atoms in total.